The van der Waals surface area contributed by atoms with E-state index < -0.39 is 23.5 Å². The summed E-state index contributed by atoms with van der Waals surface area (Å²) < 4.78 is 79.3. The van der Waals surface area contributed by atoms with Crippen molar-refractivity contribution in [3.8, 4) is 33.5 Å². The molecule has 0 unspecified atom stereocenters. The molecule has 0 atom stereocenters. The number of aromatic nitrogens is 2. The molecule has 0 N–H and O–H groups in total. The predicted octanol–water partition coefficient (Wildman–Crippen LogP) is 7.52. The Morgan fingerprint density at radius 1 is 0.562 bits per heavy atom. The Morgan fingerprint density at radius 3 is 1.72 bits per heavy atom. The average molecular weight is 444 g/mol. The molecule has 162 valence electrons. The second-order valence-corrected chi connectivity index (χ2v) is 7.01. The third-order valence-electron chi connectivity index (χ3n) is 4.87. The molecule has 0 radical (unpaired) electrons. The summed E-state index contributed by atoms with van der Waals surface area (Å²) in [6.07, 6.45) is -4.62. The van der Waals surface area contributed by atoms with E-state index in [4.69, 9.17) is 0 Å². The van der Waals surface area contributed by atoms with Crippen LogP contribution in [-0.4, -0.2) is 9.97 Å². The maximum Gasteiger partial charge on any atom is 0.416 e. The molecule has 4 rings (SSSR count). The van der Waals surface area contributed by atoms with Gasteiger partial charge in [0.2, 0.25) is 0 Å². The lowest BCUT2D eigenvalue weighted by Gasteiger charge is -2.14. The van der Waals surface area contributed by atoms with Crippen molar-refractivity contribution in [1.29, 1.82) is 0 Å². The summed E-state index contributed by atoms with van der Waals surface area (Å²) in [6, 6.07) is 14.3. The first-order valence-corrected chi connectivity index (χ1v) is 9.38. The van der Waals surface area contributed by atoms with Crippen molar-refractivity contribution in [1.82, 2.24) is 9.97 Å². The quantitative estimate of drug-likeness (QED) is 0.306. The molecule has 0 aliphatic carbocycles. The second-order valence-electron chi connectivity index (χ2n) is 7.01. The topological polar surface area (TPSA) is 25.8 Å². The van der Waals surface area contributed by atoms with Crippen LogP contribution >= 0.6 is 0 Å². The molecular weight excluding hydrogens is 430 g/mol. The molecule has 0 bridgehead atoms. The Morgan fingerprint density at radius 2 is 1.12 bits per heavy atom. The fourth-order valence-electron chi connectivity index (χ4n) is 3.32. The molecule has 0 saturated carbocycles. The minimum atomic E-state index is -4.54. The van der Waals surface area contributed by atoms with Crippen molar-refractivity contribution in [2.24, 2.45) is 0 Å². The van der Waals surface area contributed by atoms with Gasteiger partial charge in [0.1, 0.15) is 0 Å². The van der Waals surface area contributed by atoms with Gasteiger partial charge < -0.3 is 0 Å². The number of hydrogen-bond acceptors (Lipinski definition) is 2. The lowest BCUT2D eigenvalue weighted by Crippen LogP contribution is -2.05. The van der Waals surface area contributed by atoms with Crippen molar-refractivity contribution in [2.75, 3.05) is 0 Å². The standard InChI is InChI=1S/C24H14F6N2/c25-23(26,27)19-5-1-3-16(11-19)18-13-21(17-4-2-6-20(12-17)24(28,29)30)22(32-14-18)15-7-9-31-10-8-15/h1-14H. The highest BCUT2D eigenvalue weighted by Gasteiger charge is 2.31. The zero-order valence-corrected chi connectivity index (χ0v) is 16.2. The van der Waals surface area contributed by atoms with Crippen LogP contribution in [0.1, 0.15) is 11.1 Å². The van der Waals surface area contributed by atoms with Crippen molar-refractivity contribution in [3.63, 3.8) is 0 Å². The molecule has 0 saturated heterocycles. The summed E-state index contributed by atoms with van der Waals surface area (Å²) >= 11 is 0. The van der Waals surface area contributed by atoms with Gasteiger partial charge in [0, 0.05) is 35.3 Å². The van der Waals surface area contributed by atoms with E-state index in [1.165, 1.54) is 42.9 Å². The molecule has 0 fully saturated rings. The van der Waals surface area contributed by atoms with E-state index in [0.717, 1.165) is 24.3 Å². The van der Waals surface area contributed by atoms with Crippen LogP contribution in [-0.2, 0) is 12.4 Å². The van der Waals surface area contributed by atoms with Gasteiger partial charge in [0.15, 0.2) is 0 Å². The van der Waals surface area contributed by atoms with Crippen LogP contribution in [0.3, 0.4) is 0 Å². The Labute approximate surface area is 179 Å². The van der Waals surface area contributed by atoms with Crippen LogP contribution < -0.4 is 0 Å². The molecule has 2 aromatic carbocycles. The molecule has 4 aromatic rings. The van der Waals surface area contributed by atoms with Gasteiger partial charge in [-0.3, -0.25) is 9.97 Å². The van der Waals surface area contributed by atoms with Crippen LogP contribution in [0.25, 0.3) is 33.5 Å². The lowest BCUT2D eigenvalue weighted by atomic mass is 9.94. The monoisotopic (exact) mass is 444 g/mol. The molecule has 0 aliphatic heterocycles. The van der Waals surface area contributed by atoms with Crippen LogP contribution in [0.4, 0.5) is 26.3 Å². The molecule has 0 aliphatic rings. The second kappa shape index (κ2) is 8.11. The van der Waals surface area contributed by atoms with Crippen molar-refractivity contribution >= 4 is 0 Å². The fourth-order valence-corrected chi connectivity index (χ4v) is 3.32. The molecule has 8 heteroatoms. The minimum absolute atomic E-state index is 0.243. The first-order valence-electron chi connectivity index (χ1n) is 9.38. The number of benzene rings is 2. The highest BCUT2D eigenvalue weighted by atomic mass is 19.4. The number of halogens is 6. The Balaban J connectivity index is 1.91. The maximum atomic E-state index is 13.3. The van der Waals surface area contributed by atoms with Gasteiger partial charge >= 0.3 is 12.4 Å². The van der Waals surface area contributed by atoms with Crippen LogP contribution in [0.2, 0.25) is 0 Å². The van der Waals surface area contributed by atoms with Gasteiger partial charge in [0.25, 0.3) is 0 Å². The van der Waals surface area contributed by atoms with Crippen molar-refractivity contribution < 1.29 is 26.3 Å². The lowest BCUT2D eigenvalue weighted by molar-refractivity contribution is -0.138. The average Bonchev–Trinajstić information content (AvgIpc) is 2.78. The Bertz CT molecular complexity index is 1250. The summed E-state index contributed by atoms with van der Waals surface area (Å²) in [5.74, 6) is 0. The van der Waals surface area contributed by atoms with Gasteiger partial charge in [-0.15, -0.1) is 0 Å². The molecule has 0 spiro atoms. The highest BCUT2D eigenvalue weighted by Crippen LogP contribution is 2.38. The summed E-state index contributed by atoms with van der Waals surface area (Å²) in [7, 11) is 0. The van der Waals surface area contributed by atoms with E-state index in [2.05, 4.69) is 9.97 Å². The predicted molar refractivity (Wildman–Crippen MR) is 108 cm³/mol. The third kappa shape index (κ3) is 4.49. The summed E-state index contributed by atoms with van der Waals surface area (Å²) in [5, 5.41) is 0. The molecular formula is C24H14F6N2. The maximum absolute atomic E-state index is 13.3. The molecule has 2 nitrogen and oxygen atoms in total. The molecule has 2 aromatic heterocycles. The first kappa shape index (κ1) is 21.5. The van der Waals surface area contributed by atoms with E-state index in [-0.39, 0.29) is 11.1 Å². The summed E-state index contributed by atoms with van der Waals surface area (Å²) in [5.41, 5.74) is 0.549. The summed E-state index contributed by atoms with van der Waals surface area (Å²) in [4.78, 5) is 8.33. The fraction of sp³-hybridized carbons (Fsp3) is 0.0833. The Kier molecular flexibility index (Phi) is 5.46. The van der Waals surface area contributed by atoms with Gasteiger partial charge in [-0.25, -0.2) is 0 Å². The minimum Gasteiger partial charge on any atom is -0.265 e. The highest BCUT2D eigenvalue weighted by molar-refractivity contribution is 5.84. The van der Waals surface area contributed by atoms with Gasteiger partial charge in [0.05, 0.1) is 16.8 Å². The van der Waals surface area contributed by atoms with E-state index in [1.54, 1.807) is 18.2 Å². The molecule has 0 amide bonds. The van der Waals surface area contributed by atoms with Crippen molar-refractivity contribution in [3.05, 3.63) is 96.4 Å². The van der Waals surface area contributed by atoms with Crippen LogP contribution in [0.15, 0.2) is 85.3 Å². The first-order chi connectivity index (χ1) is 15.1. The van der Waals surface area contributed by atoms with Crippen LogP contribution in [0.5, 0.6) is 0 Å². The number of rotatable bonds is 3. The number of hydrogen-bond donors (Lipinski definition) is 0. The van der Waals surface area contributed by atoms with E-state index >= 15 is 0 Å². The number of alkyl halides is 6. The Hall–Kier alpha value is -3.68. The zero-order chi connectivity index (χ0) is 22.9. The van der Waals surface area contributed by atoms with Gasteiger partial charge in [-0.1, -0.05) is 24.3 Å². The number of nitrogens with zero attached hydrogens (tertiary/aromatic N) is 2. The smallest absolute Gasteiger partial charge is 0.265 e. The van der Waals surface area contributed by atoms with E-state index in [1.807, 2.05) is 0 Å². The molecule has 32 heavy (non-hydrogen) atoms. The third-order valence-corrected chi connectivity index (χ3v) is 4.87. The van der Waals surface area contributed by atoms with E-state index in [9.17, 15) is 26.3 Å². The normalized spacial score (nSPS) is 12.1. The zero-order valence-electron chi connectivity index (χ0n) is 16.2. The SMILES string of the molecule is FC(F)(F)c1cccc(-c2cnc(-c3ccncc3)c(-c3cccc(C(F)(F)F)c3)c2)c1. The van der Waals surface area contributed by atoms with Crippen LogP contribution in [0, 0.1) is 0 Å². The molecule has 2 heterocycles. The number of pyridine rings is 2. The van der Waals surface area contributed by atoms with Gasteiger partial charge in [-0.2, -0.15) is 26.3 Å². The largest absolute Gasteiger partial charge is 0.416 e. The van der Waals surface area contributed by atoms with Gasteiger partial charge in [-0.05, 0) is 53.6 Å². The summed E-state index contributed by atoms with van der Waals surface area (Å²) in [6.45, 7) is 0. The van der Waals surface area contributed by atoms with E-state index in [0.29, 0.717) is 22.4 Å². The van der Waals surface area contributed by atoms with Crippen molar-refractivity contribution in [2.45, 2.75) is 12.4 Å².